The molecule has 0 aromatic rings. The summed E-state index contributed by atoms with van der Waals surface area (Å²) >= 11 is 0. The van der Waals surface area contributed by atoms with Crippen molar-refractivity contribution in [2.24, 2.45) is 5.92 Å². The van der Waals surface area contributed by atoms with Crippen molar-refractivity contribution in [2.75, 3.05) is 13.2 Å². The van der Waals surface area contributed by atoms with Gasteiger partial charge >= 0.3 is 41.5 Å². The molecule has 4 saturated heterocycles. The zero-order valence-corrected chi connectivity index (χ0v) is 31.6. The van der Waals surface area contributed by atoms with Gasteiger partial charge in [-0.1, -0.05) is 7.43 Å². The Labute approximate surface area is 351 Å². The molecule has 4 rings (SSSR count). The molecule has 0 aromatic heterocycles. The van der Waals surface area contributed by atoms with Crippen LogP contribution in [-0.2, 0) is 52.3 Å². The number of ketones is 1. The number of aliphatic hydroxyl groups excluding tert-OH is 9. The molecule has 24 heteroatoms. The van der Waals surface area contributed by atoms with E-state index >= 15 is 0 Å². The van der Waals surface area contributed by atoms with Crippen LogP contribution in [-0.4, -0.2) is 209 Å². The maximum atomic E-state index is 12.5. The summed E-state index contributed by atoms with van der Waals surface area (Å²) < 4.78 is 39.1. The van der Waals surface area contributed by atoms with Gasteiger partial charge in [0.05, 0.1) is 31.5 Å². The van der Waals surface area contributed by atoms with Gasteiger partial charge in [-0.2, -0.15) is 0 Å². The molecule has 0 aromatic carbocycles. The Morgan fingerprint density at radius 2 is 1.09 bits per heavy atom. The van der Waals surface area contributed by atoms with Gasteiger partial charge in [0.15, 0.2) is 31.1 Å². The maximum Gasteiger partial charge on any atom is 1.00 e. The van der Waals surface area contributed by atoms with Crippen LogP contribution >= 0.6 is 0 Å². The van der Waals surface area contributed by atoms with Gasteiger partial charge in [-0.3, -0.25) is 4.79 Å². The minimum atomic E-state index is -2.21. The van der Waals surface area contributed by atoms with E-state index in [9.17, 15) is 75.3 Å². The van der Waals surface area contributed by atoms with Crippen molar-refractivity contribution < 1.29 is 152 Å². The number of hydrogen-bond donors (Lipinski definition) is 12. The second-order valence-electron chi connectivity index (χ2n) is 13.3. The van der Waals surface area contributed by atoms with Gasteiger partial charge in [-0.25, -0.2) is 9.59 Å². The predicted molar refractivity (Wildman–Crippen MR) is 191 cm³/mol. The fourth-order valence-corrected chi connectivity index (χ4v) is 6.79. The second kappa shape index (κ2) is 20.9. The normalized spacial score (nSPS) is 44.7. The van der Waals surface area contributed by atoms with Crippen molar-refractivity contribution in [3.8, 4) is 0 Å². The molecular formula is C31H71NNaO22+. The number of aliphatic carboxylic acids is 2. The first kappa shape index (κ1) is 49.6. The van der Waals surface area contributed by atoms with Crippen LogP contribution < -0.4 is 34.9 Å². The molecule has 20 atom stereocenters. The van der Waals surface area contributed by atoms with E-state index < -0.39 is 166 Å². The molecule has 4 heterocycles. The predicted octanol–water partition coefficient (Wildman–Crippen LogP) is -7.02. The van der Waals surface area contributed by atoms with Crippen molar-refractivity contribution in [2.45, 2.75) is 151 Å². The fourth-order valence-electron chi connectivity index (χ4n) is 6.79. The van der Waals surface area contributed by atoms with Gasteiger partial charge in [-0.15, -0.1) is 0 Å². The van der Waals surface area contributed by atoms with Crippen molar-refractivity contribution in [3.05, 3.63) is 0 Å². The van der Waals surface area contributed by atoms with E-state index in [1.165, 1.54) is 6.92 Å². The first-order valence-electron chi connectivity index (χ1n) is 16.6. The number of carbonyl (C=O) groups is 4. The van der Waals surface area contributed by atoms with Crippen molar-refractivity contribution in [1.82, 2.24) is 5.32 Å². The van der Waals surface area contributed by atoms with Gasteiger partial charge in [0.25, 0.3) is 0 Å². The first-order valence-corrected chi connectivity index (χ1v) is 16.6. The fraction of sp³-hybridized carbons (Fsp3) is 0.871. The van der Waals surface area contributed by atoms with E-state index in [1.807, 2.05) is 0 Å². The average molecular weight is 833 g/mol. The third-order valence-corrected chi connectivity index (χ3v) is 9.49. The molecule has 0 saturated carbocycles. The molecule has 4 aliphatic rings. The zero-order chi connectivity index (χ0) is 39.6. The monoisotopic (exact) mass is 832 g/mol. The summed E-state index contributed by atoms with van der Waals surface area (Å²) in [5, 5.41) is 117. The molecule has 332 valence electrons. The molecule has 55 heavy (non-hydrogen) atoms. The van der Waals surface area contributed by atoms with Crippen molar-refractivity contribution >= 4 is 23.6 Å². The van der Waals surface area contributed by atoms with Gasteiger partial charge in [0, 0.05) is 33.5 Å². The topological polar surface area (TPSA) is 367 Å². The summed E-state index contributed by atoms with van der Waals surface area (Å²) in [4.78, 5) is 48.5. The maximum absolute atomic E-state index is 12.5. The van der Waals surface area contributed by atoms with Crippen LogP contribution in [0.3, 0.4) is 0 Å². The Morgan fingerprint density at radius 3 is 1.60 bits per heavy atom. The van der Waals surface area contributed by atoms with Crippen LogP contribution in [0.4, 0.5) is 0 Å². The number of carboxylic acids is 2. The number of aliphatic hydroxyl groups is 9. The average Bonchev–Trinajstić information content (AvgIpc) is 3.08. The number of nitrogens with one attached hydrogen (secondary N) is 1. The van der Waals surface area contributed by atoms with Gasteiger partial charge in [-0.05, 0) is 13.8 Å². The molecule has 0 spiro atoms. The Hall–Kier alpha value is -1.56. The largest absolute Gasteiger partial charge is 1.00 e. The van der Waals surface area contributed by atoms with E-state index in [4.69, 9.17) is 33.2 Å². The summed E-state index contributed by atoms with van der Waals surface area (Å²) in [6.07, 6.45) is -34.3. The number of carbonyl (C=O) groups excluding carboxylic acids is 2. The standard InChI is InChI=1S/C30H47NO22.CH4.Na.10H2/c1-7(34)4-10-21(49-29-19(41)16(38)17(39)24(52-29)26(43)44)14(36)12(6-33)48-28(10)51-23-18(40)20(42)30(53-25(23)27(45)46)50-22-13(31-9(3)35)8(2)47-11(5-32)15(22)37;;;;;;;;;;;;/h8,10-25,28-30,32-33,36-42H,4-6H2,1-3H3,(H,31,35)(H,43,44)(H,45,46);1H4;;10*1H/q;;+1;;;;;;;;;;/t8-,10+,11+,12+,13-,14+,15+,16-,17-,18+,19+,20+,21+,22+,23-,24-,25-,28-,29+,30+;;;;;;;;;;;;/m0............/s1. The Bertz CT molecular complexity index is 1340. The molecule has 0 aliphatic carbocycles. The summed E-state index contributed by atoms with van der Waals surface area (Å²) in [5.74, 6) is -6.27. The van der Waals surface area contributed by atoms with Crippen molar-refractivity contribution in [1.29, 1.82) is 0 Å². The first-order chi connectivity index (χ1) is 24.8. The van der Waals surface area contributed by atoms with Crippen LogP contribution in [0.2, 0.25) is 0 Å². The molecule has 12 N–H and O–H groups in total. The van der Waals surface area contributed by atoms with Gasteiger partial charge < -0.3 is 99.4 Å². The summed E-state index contributed by atoms with van der Waals surface area (Å²) in [6.45, 7) is 2.06. The number of rotatable bonds is 13. The Kier molecular flexibility index (Phi) is 18.9. The summed E-state index contributed by atoms with van der Waals surface area (Å²) in [7, 11) is 0. The smallest absolute Gasteiger partial charge is 0.479 e. The minimum Gasteiger partial charge on any atom is -0.479 e. The molecule has 0 radical (unpaired) electrons. The minimum absolute atomic E-state index is 0. The van der Waals surface area contributed by atoms with E-state index in [0.717, 1.165) is 13.8 Å². The van der Waals surface area contributed by atoms with Gasteiger partial charge in [0.2, 0.25) is 5.91 Å². The van der Waals surface area contributed by atoms with Crippen LogP contribution in [0.1, 0.15) is 48.9 Å². The number of Topliss-reactive ketones (excluding diaryl/α,β-unsaturated/α-hetero) is 1. The summed E-state index contributed by atoms with van der Waals surface area (Å²) in [6, 6.07) is -1.13. The molecular weight excluding hydrogens is 761 g/mol. The number of ether oxygens (including phenoxy) is 7. The van der Waals surface area contributed by atoms with Crippen LogP contribution in [0.5, 0.6) is 0 Å². The molecule has 0 bridgehead atoms. The number of hydrogen-bond acceptors (Lipinski definition) is 20. The SMILES string of the molecule is C.CC(=O)C[C@H]1[C@H](O[C@H]2[C@H](O)[C@@H](O)[C@H](O[C@H]3[C@H](O)[C@@H](CO)O[C@@H](C)[C@@H]3NC(C)=O)O[C@@H]2C(=O)O)O[C@H](CO)[C@@H](O)[C@@H]1O[C@@H]1O[C@H](C(=O)O)[C@@H](O)[C@H](O)[C@H]1O.[HH].[HH].[HH].[HH].[HH].[HH].[HH].[HH].[HH].[HH].[Na+]. The third-order valence-electron chi connectivity index (χ3n) is 9.49. The quantitative estimate of drug-likeness (QED) is 0.0767. The van der Waals surface area contributed by atoms with E-state index in [1.54, 1.807) is 0 Å². The number of amides is 1. The third kappa shape index (κ3) is 10.9. The Morgan fingerprint density at radius 1 is 0.618 bits per heavy atom. The summed E-state index contributed by atoms with van der Waals surface area (Å²) in [5.41, 5.74) is 0. The molecule has 4 fully saturated rings. The molecule has 4 aliphatic heterocycles. The van der Waals surface area contributed by atoms with E-state index in [-0.39, 0.29) is 51.3 Å². The van der Waals surface area contributed by atoms with Gasteiger partial charge in [0.1, 0.15) is 72.9 Å². The van der Waals surface area contributed by atoms with E-state index in [2.05, 4.69) is 5.32 Å². The zero-order valence-electron chi connectivity index (χ0n) is 29.6. The molecule has 0 unspecified atom stereocenters. The molecule has 1 amide bonds. The molecule has 23 nitrogen and oxygen atoms in total. The Balaban J connectivity index is -0.000000373. The van der Waals surface area contributed by atoms with Crippen molar-refractivity contribution in [3.63, 3.8) is 0 Å². The van der Waals surface area contributed by atoms with Crippen LogP contribution in [0.15, 0.2) is 0 Å². The second-order valence-corrected chi connectivity index (χ2v) is 13.3. The van der Waals surface area contributed by atoms with Crippen LogP contribution in [0.25, 0.3) is 0 Å². The van der Waals surface area contributed by atoms with E-state index in [0.29, 0.717) is 0 Å². The van der Waals surface area contributed by atoms with Crippen LogP contribution in [0, 0.1) is 5.92 Å². The number of carboxylic acid groups (broad SMARTS) is 2.